The molecule has 3 heterocycles. The van der Waals surface area contributed by atoms with Gasteiger partial charge in [0.25, 0.3) is 0 Å². The molecule has 0 aliphatic heterocycles. The van der Waals surface area contributed by atoms with E-state index in [2.05, 4.69) is 178 Å². The average molecular weight is 671 g/mol. The van der Waals surface area contributed by atoms with Gasteiger partial charge in [-0.25, -0.2) is 15.0 Å². The Morgan fingerprint density at radius 2 is 0.865 bits per heavy atom. The number of rotatable bonds is 6. The molecular weight excluding hydrogens is 637 g/mol. The van der Waals surface area contributed by atoms with Crippen LogP contribution in [0.2, 0.25) is 0 Å². The summed E-state index contributed by atoms with van der Waals surface area (Å²) in [4.78, 5) is 16.0. The Bertz CT molecular complexity index is 2630. The van der Waals surface area contributed by atoms with Crippen molar-refractivity contribution < 1.29 is 0 Å². The molecule has 0 radical (unpaired) electrons. The molecule has 1 aliphatic rings. The van der Waals surface area contributed by atoms with E-state index in [1.807, 2.05) is 12.1 Å². The number of aromatic nitrogens is 6. The van der Waals surface area contributed by atoms with Gasteiger partial charge >= 0.3 is 0 Å². The number of imidazole rings is 3. The first-order valence-electron chi connectivity index (χ1n) is 17.8. The van der Waals surface area contributed by atoms with Gasteiger partial charge in [0, 0.05) is 33.8 Å². The summed E-state index contributed by atoms with van der Waals surface area (Å²) in [6.07, 6.45) is 5.36. The molecule has 0 spiro atoms. The number of para-hydroxylation sites is 7. The maximum Gasteiger partial charge on any atom is 0.145 e. The monoisotopic (exact) mass is 670 g/mol. The first-order chi connectivity index (χ1) is 25.7. The second kappa shape index (κ2) is 12.2. The van der Waals surface area contributed by atoms with Crippen LogP contribution in [-0.2, 0) is 6.42 Å². The van der Waals surface area contributed by atoms with Gasteiger partial charge in [0.05, 0.1) is 33.5 Å². The zero-order valence-corrected chi connectivity index (χ0v) is 28.6. The van der Waals surface area contributed by atoms with Crippen molar-refractivity contribution in [2.45, 2.75) is 13.3 Å². The van der Waals surface area contributed by atoms with E-state index in [1.165, 1.54) is 5.69 Å². The van der Waals surface area contributed by atoms with Crippen LogP contribution in [0.15, 0.2) is 164 Å². The molecule has 10 rings (SSSR count). The van der Waals surface area contributed by atoms with E-state index in [4.69, 9.17) is 15.0 Å². The number of allylic oxidation sites excluding steroid dienone is 1. The molecule has 0 amide bonds. The third-order valence-corrected chi connectivity index (χ3v) is 9.97. The Morgan fingerprint density at radius 1 is 0.462 bits per heavy atom. The Kier molecular flexibility index (Phi) is 7.06. The molecule has 1 aliphatic carbocycles. The lowest BCUT2D eigenvalue weighted by atomic mass is 9.98. The fourth-order valence-electron chi connectivity index (χ4n) is 7.61. The fourth-order valence-corrected chi connectivity index (χ4v) is 7.61. The van der Waals surface area contributed by atoms with Crippen LogP contribution in [0.4, 0.5) is 0 Å². The first kappa shape index (κ1) is 30.1. The van der Waals surface area contributed by atoms with Crippen molar-refractivity contribution in [1.29, 1.82) is 0 Å². The molecule has 6 heteroatoms. The lowest BCUT2D eigenvalue weighted by Gasteiger charge is -2.18. The Labute approximate surface area is 301 Å². The van der Waals surface area contributed by atoms with Crippen LogP contribution < -0.4 is 0 Å². The smallest absolute Gasteiger partial charge is 0.145 e. The minimum atomic E-state index is 0.415. The summed E-state index contributed by atoms with van der Waals surface area (Å²) in [6.45, 7) is 2.27. The summed E-state index contributed by atoms with van der Waals surface area (Å²) >= 11 is 0. The lowest BCUT2D eigenvalue weighted by molar-refractivity contribution is 0.688. The summed E-state index contributed by atoms with van der Waals surface area (Å²) in [5, 5.41) is 0. The van der Waals surface area contributed by atoms with Crippen LogP contribution >= 0.6 is 0 Å². The third kappa shape index (κ3) is 4.99. The van der Waals surface area contributed by atoms with Crippen molar-refractivity contribution in [2.75, 3.05) is 0 Å². The quantitative estimate of drug-likeness (QED) is 0.177. The predicted octanol–water partition coefficient (Wildman–Crippen LogP) is 10.8. The van der Waals surface area contributed by atoms with Crippen LogP contribution in [0.25, 0.3) is 79.4 Å². The maximum atomic E-state index is 5.37. The highest BCUT2D eigenvalue weighted by Gasteiger charge is 2.25. The zero-order valence-electron chi connectivity index (χ0n) is 28.6. The summed E-state index contributed by atoms with van der Waals surface area (Å²) < 4.78 is 6.87. The van der Waals surface area contributed by atoms with E-state index < -0.39 is 0 Å². The van der Waals surface area contributed by atoms with Crippen LogP contribution in [0.5, 0.6) is 0 Å². The summed E-state index contributed by atoms with van der Waals surface area (Å²) in [5.74, 6) is 3.02. The first-order valence-corrected chi connectivity index (χ1v) is 17.8. The fraction of sp³-hybridized carbons (Fsp3) is 0.0652. The summed E-state index contributed by atoms with van der Waals surface area (Å²) in [5.41, 5.74) is 12.3. The minimum Gasteiger partial charge on any atom is -0.296 e. The van der Waals surface area contributed by atoms with Gasteiger partial charge in [-0.2, -0.15) is 0 Å². The van der Waals surface area contributed by atoms with Crippen molar-refractivity contribution in [3.63, 3.8) is 0 Å². The highest BCUT2D eigenvalue weighted by Crippen LogP contribution is 2.39. The largest absolute Gasteiger partial charge is 0.296 e. The molecular formula is C46H34N6. The van der Waals surface area contributed by atoms with Gasteiger partial charge in [-0.15, -0.1) is 0 Å². The van der Waals surface area contributed by atoms with Gasteiger partial charge in [0.1, 0.15) is 17.5 Å². The third-order valence-electron chi connectivity index (χ3n) is 9.97. The standard InChI is InChI=1S/C46H34N6/c1-31-25-26-40-43(27-31)52(37-19-9-4-10-20-37)46(49-40)34-29-32(44-47-38-21-11-13-23-41(38)50(44)35-15-5-2-6-16-35)28-33(30-34)45-48-39-22-12-14-24-42(39)51(45)36-17-7-3-8-18-36/h2-26,28-31H,27H2,1H3. The van der Waals surface area contributed by atoms with E-state index in [0.717, 1.165) is 85.4 Å². The molecule has 0 fully saturated rings. The van der Waals surface area contributed by atoms with E-state index in [-0.39, 0.29) is 0 Å². The van der Waals surface area contributed by atoms with Crippen molar-refractivity contribution >= 4 is 28.1 Å². The molecule has 6 aromatic carbocycles. The molecule has 52 heavy (non-hydrogen) atoms. The molecule has 0 bridgehead atoms. The molecule has 0 N–H and O–H groups in total. The van der Waals surface area contributed by atoms with E-state index in [0.29, 0.717) is 5.92 Å². The molecule has 248 valence electrons. The van der Waals surface area contributed by atoms with Gasteiger partial charge in [-0.05, 0) is 97.3 Å². The van der Waals surface area contributed by atoms with Crippen LogP contribution in [0.1, 0.15) is 18.3 Å². The Morgan fingerprint density at radius 3 is 1.35 bits per heavy atom. The minimum absolute atomic E-state index is 0.415. The number of fused-ring (bicyclic) bond motifs is 3. The van der Waals surface area contributed by atoms with Crippen LogP contribution in [-0.4, -0.2) is 28.7 Å². The second-order valence-electron chi connectivity index (χ2n) is 13.5. The van der Waals surface area contributed by atoms with E-state index in [9.17, 15) is 0 Å². The molecule has 0 saturated carbocycles. The van der Waals surface area contributed by atoms with Gasteiger partial charge in [0.15, 0.2) is 0 Å². The van der Waals surface area contributed by atoms with Crippen LogP contribution in [0, 0.1) is 5.92 Å². The van der Waals surface area contributed by atoms with E-state index in [1.54, 1.807) is 0 Å². The number of hydrogen-bond donors (Lipinski definition) is 0. The number of benzene rings is 6. The maximum absolute atomic E-state index is 5.37. The van der Waals surface area contributed by atoms with Crippen molar-refractivity contribution in [1.82, 2.24) is 28.7 Å². The summed E-state index contributed by atoms with van der Waals surface area (Å²) in [7, 11) is 0. The van der Waals surface area contributed by atoms with Crippen molar-refractivity contribution in [3.05, 3.63) is 175 Å². The molecule has 1 unspecified atom stereocenters. The van der Waals surface area contributed by atoms with Gasteiger partial charge in [0.2, 0.25) is 0 Å². The molecule has 1 atom stereocenters. The van der Waals surface area contributed by atoms with E-state index >= 15 is 0 Å². The highest BCUT2D eigenvalue weighted by atomic mass is 15.1. The molecule has 9 aromatic rings. The molecule has 3 aromatic heterocycles. The van der Waals surface area contributed by atoms with Crippen molar-refractivity contribution in [3.8, 4) is 51.2 Å². The topological polar surface area (TPSA) is 53.5 Å². The Hall–Kier alpha value is -6.79. The molecule has 6 nitrogen and oxygen atoms in total. The Balaban J connectivity index is 1.30. The predicted molar refractivity (Wildman–Crippen MR) is 211 cm³/mol. The average Bonchev–Trinajstić information content (AvgIpc) is 3.91. The highest BCUT2D eigenvalue weighted by molar-refractivity contribution is 5.88. The SMILES string of the molecule is CC1C=Cc2nc(-c3cc(-c4nc5ccccc5n4-c4ccccc4)cc(-c4nc5ccccc5n4-c4ccccc4)c3)n(-c3ccccc3)c2C1. The van der Waals surface area contributed by atoms with Gasteiger partial charge in [-0.1, -0.05) is 91.9 Å². The van der Waals surface area contributed by atoms with Gasteiger partial charge in [-0.3, -0.25) is 13.7 Å². The second-order valence-corrected chi connectivity index (χ2v) is 13.5. The van der Waals surface area contributed by atoms with Gasteiger partial charge < -0.3 is 0 Å². The van der Waals surface area contributed by atoms with Crippen molar-refractivity contribution in [2.24, 2.45) is 5.92 Å². The summed E-state index contributed by atoms with van der Waals surface area (Å²) in [6, 6.07) is 55.0. The number of nitrogens with zero attached hydrogens (tertiary/aromatic N) is 6. The zero-order chi connectivity index (χ0) is 34.6. The lowest BCUT2D eigenvalue weighted by Crippen LogP contribution is -2.09. The molecule has 0 saturated heterocycles. The number of hydrogen-bond acceptors (Lipinski definition) is 3. The van der Waals surface area contributed by atoms with Crippen LogP contribution in [0.3, 0.4) is 0 Å². The normalized spacial score (nSPS) is 13.9.